The first-order chi connectivity index (χ1) is 12.8. The van der Waals surface area contributed by atoms with Gasteiger partial charge in [-0.3, -0.25) is 15.5 Å². The molecule has 1 N–H and O–H groups in total. The molecule has 0 unspecified atom stereocenters. The number of anilines is 1. The molecule has 0 spiro atoms. The average Bonchev–Trinajstić information content (AvgIpc) is 3.10. The van der Waals surface area contributed by atoms with E-state index in [4.69, 9.17) is 0 Å². The summed E-state index contributed by atoms with van der Waals surface area (Å²) in [5.74, 6) is 0. The van der Waals surface area contributed by atoms with Gasteiger partial charge in [0.15, 0.2) is 0 Å². The number of non-ortho nitro benzene ring substituents is 1. The minimum Gasteiger partial charge on any atom is -0.258 e. The molecule has 1 aromatic heterocycles. The fraction of sp³-hybridized carbons (Fsp3) is 0.200. The SMILES string of the molecule is CC(C)(C)c1ccc(/C=N/Nc2nc(-c3ccc([N+](=O)[O-])cc3)cs2)cc1. The van der Waals surface area contributed by atoms with E-state index in [-0.39, 0.29) is 11.1 Å². The number of hydrogen-bond donors (Lipinski definition) is 1. The predicted molar refractivity (Wildman–Crippen MR) is 111 cm³/mol. The van der Waals surface area contributed by atoms with Crippen molar-refractivity contribution in [3.63, 3.8) is 0 Å². The van der Waals surface area contributed by atoms with Gasteiger partial charge in [0.25, 0.3) is 5.69 Å². The normalized spacial score (nSPS) is 11.7. The van der Waals surface area contributed by atoms with Crippen LogP contribution >= 0.6 is 11.3 Å². The lowest BCUT2D eigenvalue weighted by atomic mass is 9.87. The first-order valence-electron chi connectivity index (χ1n) is 8.43. The van der Waals surface area contributed by atoms with Crippen molar-refractivity contribution >= 4 is 28.4 Å². The first kappa shape index (κ1) is 18.7. The molecule has 3 rings (SSSR count). The number of thiazole rings is 1. The van der Waals surface area contributed by atoms with E-state index in [0.717, 1.165) is 16.8 Å². The van der Waals surface area contributed by atoms with Gasteiger partial charge in [-0.25, -0.2) is 4.98 Å². The maximum absolute atomic E-state index is 10.7. The lowest BCUT2D eigenvalue weighted by molar-refractivity contribution is -0.384. The van der Waals surface area contributed by atoms with Gasteiger partial charge in [0.2, 0.25) is 5.13 Å². The highest BCUT2D eigenvalue weighted by Crippen LogP contribution is 2.26. The Kier molecular flexibility index (Phi) is 5.32. The standard InChI is InChI=1S/C20H20N4O2S/c1-20(2,3)16-8-4-14(5-9-16)12-21-23-19-22-18(13-27-19)15-6-10-17(11-7-15)24(25)26/h4-13H,1-3H3,(H,22,23)/b21-12+. The summed E-state index contributed by atoms with van der Waals surface area (Å²) in [6.45, 7) is 6.55. The maximum atomic E-state index is 10.7. The third kappa shape index (κ3) is 4.77. The summed E-state index contributed by atoms with van der Waals surface area (Å²) in [4.78, 5) is 14.8. The molecule has 0 atom stereocenters. The molecule has 6 nitrogen and oxygen atoms in total. The van der Waals surface area contributed by atoms with Crippen LogP contribution in [0, 0.1) is 10.1 Å². The highest BCUT2D eigenvalue weighted by Gasteiger charge is 2.12. The Bertz CT molecular complexity index is 955. The molecule has 1 heterocycles. The summed E-state index contributed by atoms with van der Waals surface area (Å²) in [6.07, 6.45) is 1.75. The van der Waals surface area contributed by atoms with E-state index < -0.39 is 4.92 Å². The minimum atomic E-state index is -0.416. The van der Waals surface area contributed by atoms with Crippen molar-refractivity contribution in [2.75, 3.05) is 5.43 Å². The third-order valence-electron chi connectivity index (χ3n) is 4.03. The zero-order valence-electron chi connectivity index (χ0n) is 15.3. The molecule has 0 aliphatic heterocycles. The number of benzene rings is 2. The van der Waals surface area contributed by atoms with Crippen LogP contribution in [0.1, 0.15) is 31.9 Å². The van der Waals surface area contributed by atoms with E-state index in [1.165, 1.54) is 29.0 Å². The Balaban J connectivity index is 1.64. The largest absolute Gasteiger partial charge is 0.269 e. The van der Waals surface area contributed by atoms with Gasteiger partial charge in [0, 0.05) is 23.1 Å². The number of hydrazone groups is 1. The van der Waals surface area contributed by atoms with Gasteiger partial charge >= 0.3 is 0 Å². The summed E-state index contributed by atoms with van der Waals surface area (Å²) in [6, 6.07) is 14.6. The Morgan fingerprint density at radius 2 is 1.78 bits per heavy atom. The van der Waals surface area contributed by atoms with Gasteiger partial charge in [-0.15, -0.1) is 11.3 Å². The fourth-order valence-corrected chi connectivity index (χ4v) is 3.11. The number of nitro benzene ring substituents is 1. The molecule has 7 heteroatoms. The van der Waals surface area contributed by atoms with Crippen LogP contribution in [0.3, 0.4) is 0 Å². The average molecular weight is 380 g/mol. The van der Waals surface area contributed by atoms with Gasteiger partial charge in [0.1, 0.15) is 0 Å². The van der Waals surface area contributed by atoms with Crippen LogP contribution in [0.15, 0.2) is 59.0 Å². The lowest BCUT2D eigenvalue weighted by Gasteiger charge is -2.18. The van der Waals surface area contributed by atoms with Gasteiger partial charge in [-0.2, -0.15) is 5.10 Å². The van der Waals surface area contributed by atoms with Gasteiger partial charge < -0.3 is 0 Å². The second kappa shape index (κ2) is 7.67. The van der Waals surface area contributed by atoms with E-state index >= 15 is 0 Å². The van der Waals surface area contributed by atoms with E-state index in [0.29, 0.717) is 5.13 Å². The quantitative estimate of drug-likeness (QED) is 0.362. The monoisotopic (exact) mass is 380 g/mol. The van der Waals surface area contributed by atoms with Crippen LogP contribution in [0.5, 0.6) is 0 Å². The number of rotatable bonds is 5. The predicted octanol–water partition coefficient (Wildman–Crippen LogP) is 5.46. The molecule has 3 aromatic rings. The van der Waals surface area contributed by atoms with Crippen LogP contribution < -0.4 is 5.43 Å². The summed E-state index contributed by atoms with van der Waals surface area (Å²) >= 11 is 1.43. The summed E-state index contributed by atoms with van der Waals surface area (Å²) < 4.78 is 0. The maximum Gasteiger partial charge on any atom is 0.269 e. The van der Waals surface area contributed by atoms with Crippen LogP contribution in [0.4, 0.5) is 10.8 Å². The van der Waals surface area contributed by atoms with Crippen molar-refractivity contribution in [1.29, 1.82) is 0 Å². The van der Waals surface area contributed by atoms with Crippen molar-refractivity contribution in [1.82, 2.24) is 4.98 Å². The van der Waals surface area contributed by atoms with Gasteiger partial charge in [0.05, 0.1) is 16.8 Å². The van der Waals surface area contributed by atoms with Crippen molar-refractivity contribution in [2.45, 2.75) is 26.2 Å². The van der Waals surface area contributed by atoms with Crippen LogP contribution in [0.25, 0.3) is 11.3 Å². The highest BCUT2D eigenvalue weighted by molar-refractivity contribution is 7.14. The number of aromatic nitrogens is 1. The van der Waals surface area contributed by atoms with Crippen LogP contribution in [-0.2, 0) is 5.41 Å². The number of nitro groups is 1. The Hall–Kier alpha value is -3.06. The third-order valence-corrected chi connectivity index (χ3v) is 4.78. The first-order valence-corrected chi connectivity index (χ1v) is 9.31. The Morgan fingerprint density at radius 3 is 2.37 bits per heavy atom. The second-order valence-electron chi connectivity index (χ2n) is 7.08. The molecule has 0 aliphatic carbocycles. The smallest absolute Gasteiger partial charge is 0.258 e. The summed E-state index contributed by atoms with van der Waals surface area (Å²) in [5.41, 5.74) is 6.98. The van der Waals surface area contributed by atoms with Crippen molar-refractivity contribution in [3.05, 3.63) is 75.2 Å². The minimum absolute atomic E-state index is 0.0643. The molecular weight excluding hydrogens is 360 g/mol. The van der Waals surface area contributed by atoms with Crippen LogP contribution in [-0.4, -0.2) is 16.1 Å². The van der Waals surface area contributed by atoms with Crippen molar-refractivity contribution < 1.29 is 4.92 Å². The van der Waals surface area contributed by atoms with E-state index in [9.17, 15) is 10.1 Å². The summed E-state index contributed by atoms with van der Waals surface area (Å²) in [5, 5.41) is 17.5. The van der Waals surface area contributed by atoms with Crippen molar-refractivity contribution in [2.24, 2.45) is 5.10 Å². The molecule has 0 saturated carbocycles. The molecule has 0 bridgehead atoms. The Morgan fingerprint density at radius 1 is 1.11 bits per heavy atom. The molecule has 138 valence electrons. The zero-order chi connectivity index (χ0) is 19.4. The molecule has 27 heavy (non-hydrogen) atoms. The second-order valence-corrected chi connectivity index (χ2v) is 7.94. The van der Waals surface area contributed by atoms with E-state index in [1.807, 2.05) is 17.5 Å². The van der Waals surface area contributed by atoms with Gasteiger partial charge in [-0.05, 0) is 28.7 Å². The molecule has 0 saturated heterocycles. The van der Waals surface area contributed by atoms with E-state index in [2.05, 4.69) is 48.4 Å². The highest BCUT2D eigenvalue weighted by atomic mass is 32.1. The molecule has 0 fully saturated rings. The molecule has 0 amide bonds. The molecule has 0 aliphatic rings. The zero-order valence-corrected chi connectivity index (χ0v) is 16.2. The molecule has 0 radical (unpaired) electrons. The molecular formula is C20H20N4O2S. The topological polar surface area (TPSA) is 80.4 Å². The van der Waals surface area contributed by atoms with Crippen molar-refractivity contribution in [3.8, 4) is 11.3 Å². The fourth-order valence-electron chi connectivity index (χ4n) is 2.44. The lowest BCUT2D eigenvalue weighted by Crippen LogP contribution is -2.10. The Labute approximate surface area is 161 Å². The molecule has 2 aromatic carbocycles. The van der Waals surface area contributed by atoms with E-state index in [1.54, 1.807) is 18.3 Å². The summed E-state index contributed by atoms with van der Waals surface area (Å²) in [7, 11) is 0. The van der Waals surface area contributed by atoms with Gasteiger partial charge in [-0.1, -0.05) is 45.0 Å². The number of hydrogen-bond acceptors (Lipinski definition) is 6. The number of nitrogens with zero attached hydrogens (tertiary/aromatic N) is 3. The van der Waals surface area contributed by atoms with Crippen LogP contribution in [0.2, 0.25) is 0 Å². The number of nitrogens with one attached hydrogen (secondary N) is 1.